The Labute approximate surface area is 333 Å². The Morgan fingerprint density at radius 2 is 0.927 bits per heavy atom. The molecule has 12 nitrogen and oxygen atoms in total. The van der Waals surface area contributed by atoms with E-state index in [1.165, 1.54) is 110 Å². The maximum Gasteiger partial charge on any atom is 0.325 e. The SMILES string of the molecule is CCCCCCCCCCCCCCCC(=O)OC(C(C[C@@H](N)C(N)=O)C(=O)N[C@@H](C)C(=O)O)[C@H](CO)OC(=O)CCCCCCCCCCCCCCC. The van der Waals surface area contributed by atoms with Gasteiger partial charge < -0.3 is 36.5 Å². The first-order chi connectivity index (χ1) is 26.5. The number of nitrogens with two attached hydrogens (primary N) is 2. The van der Waals surface area contributed by atoms with Gasteiger partial charge in [-0.05, 0) is 26.2 Å². The van der Waals surface area contributed by atoms with Crippen molar-refractivity contribution in [2.24, 2.45) is 17.4 Å². The number of aliphatic hydroxyl groups excluding tert-OH is 1. The smallest absolute Gasteiger partial charge is 0.325 e. The number of carbonyl (C=O) groups excluding carboxylic acids is 4. The minimum Gasteiger partial charge on any atom is -0.480 e. The van der Waals surface area contributed by atoms with Crippen LogP contribution in [0.15, 0.2) is 0 Å². The van der Waals surface area contributed by atoms with Gasteiger partial charge in [0.2, 0.25) is 11.8 Å². The van der Waals surface area contributed by atoms with E-state index in [9.17, 15) is 34.2 Å². The number of hydrogen-bond acceptors (Lipinski definition) is 9. The highest BCUT2D eigenvalue weighted by atomic mass is 16.6. The van der Waals surface area contributed by atoms with Crippen molar-refractivity contribution in [3.05, 3.63) is 0 Å². The number of unbranched alkanes of at least 4 members (excludes halogenated alkanes) is 24. The Hall–Kier alpha value is -2.73. The first kappa shape index (κ1) is 52.3. The van der Waals surface area contributed by atoms with Crippen molar-refractivity contribution in [1.29, 1.82) is 0 Å². The van der Waals surface area contributed by atoms with Crippen molar-refractivity contribution in [3.63, 3.8) is 0 Å². The largest absolute Gasteiger partial charge is 0.480 e. The van der Waals surface area contributed by atoms with E-state index < -0.39 is 73.0 Å². The number of rotatable bonds is 39. The zero-order chi connectivity index (χ0) is 41.1. The lowest BCUT2D eigenvalue weighted by atomic mass is 9.89. The molecule has 12 heteroatoms. The van der Waals surface area contributed by atoms with Gasteiger partial charge in [0.15, 0.2) is 12.2 Å². The number of hydrogen-bond donors (Lipinski definition) is 5. The highest BCUT2D eigenvalue weighted by Gasteiger charge is 2.41. The standard InChI is InChI=1S/C43H81N3O9/c1-4-6-8-10-12-14-16-18-20-22-24-26-28-30-38(48)54-37(33-47)40(35(32-36(44)41(45)50)42(51)46-34(3)43(52)53)55-39(49)31-29-27-25-23-21-19-17-15-13-11-9-7-5-2/h34-37,40,47H,4-33,44H2,1-3H3,(H2,45,50)(H,46,51)(H,52,53)/t34-,35?,36+,37-,40?/m0/s1. The van der Waals surface area contributed by atoms with E-state index in [4.69, 9.17) is 20.9 Å². The molecule has 2 amide bonds. The third kappa shape index (κ3) is 29.2. The summed E-state index contributed by atoms with van der Waals surface area (Å²) < 4.78 is 11.3. The number of primary amides is 1. The summed E-state index contributed by atoms with van der Waals surface area (Å²) in [6.45, 7) is 4.91. The van der Waals surface area contributed by atoms with Crippen molar-refractivity contribution in [2.45, 2.75) is 231 Å². The summed E-state index contributed by atoms with van der Waals surface area (Å²) in [6.07, 6.45) is 26.4. The summed E-state index contributed by atoms with van der Waals surface area (Å²) in [5, 5.41) is 22.1. The lowest BCUT2D eigenvalue weighted by molar-refractivity contribution is -0.178. The van der Waals surface area contributed by atoms with E-state index in [2.05, 4.69) is 19.2 Å². The zero-order valence-corrected chi connectivity index (χ0v) is 35.0. The van der Waals surface area contributed by atoms with Gasteiger partial charge in [-0.1, -0.05) is 168 Å². The topological polar surface area (TPSA) is 208 Å². The molecule has 0 aromatic rings. The fraction of sp³-hybridized carbons (Fsp3) is 0.884. The summed E-state index contributed by atoms with van der Waals surface area (Å²) in [6, 6.07) is -2.69. The molecular weight excluding hydrogens is 702 g/mol. The molecule has 55 heavy (non-hydrogen) atoms. The fourth-order valence-corrected chi connectivity index (χ4v) is 6.80. The molecule has 0 aliphatic carbocycles. The Balaban J connectivity index is 5.20. The van der Waals surface area contributed by atoms with E-state index in [1.54, 1.807) is 0 Å². The number of carboxylic acid groups (broad SMARTS) is 1. The summed E-state index contributed by atoms with van der Waals surface area (Å²) >= 11 is 0. The number of carbonyl (C=O) groups is 5. The van der Waals surface area contributed by atoms with Gasteiger partial charge in [0.25, 0.3) is 0 Å². The molecule has 322 valence electrons. The molecule has 0 aliphatic heterocycles. The molecule has 0 saturated heterocycles. The molecule has 0 aromatic carbocycles. The minimum atomic E-state index is -1.54. The predicted octanol–water partition coefficient (Wildman–Crippen LogP) is 8.17. The third-order valence-electron chi connectivity index (χ3n) is 10.4. The number of carboxylic acids is 1. The van der Waals surface area contributed by atoms with Crippen LogP contribution < -0.4 is 16.8 Å². The van der Waals surface area contributed by atoms with E-state index in [0.29, 0.717) is 12.8 Å². The van der Waals surface area contributed by atoms with Crippen LogP contribution in [0.3, 0.4) is 0 Å². The zero-order valence-electron chi connectivity index (χ0n) is 35.0. The number of aliphatic carboxylic acids is 1. The van der Waals surface area contributed by atoms with Crippen LogP contribution in [0.4, 0.5) is 0 Å². The van der Waals surface area contributed by atoms with Gasteiger partial charge in [-0.25, -0.2) is 0 Å². The Morgan fingerprint density at radius 1 is 0.582 bits per heavy atom. The second kappa shape index (κ2) is 35.7. The van der Waals surface area contributed by atoms with E-state index in [0.717, 1.165) is 51.4 Å². The lowest BCUT2D eigenvalue weighted by Crippen LogP contribution is -2.53. The van der Waals surface area contributed by atoms with Crippen LogP contribution in [0.25, 0.3) is 0 Å². The van der Waals surface area contributed by atoms with E-state index in [-0.39, 0.29) is 12.8 Å². The van der Waals surface area contributed by atoms with Crippen LogP contribution in [-0.2, 0) is 33.4 Å². The number of esters is 2. The minimum absolute atomic E-state index is 0.0288. The maximum absolute atomic E-state index is 13.4. The van der Waals surface area contributed by atoms with Crippen LogP contribution in [0.5, 0.6) is 0 Å². The third-order valence-corrected chi connectivity index (χ3v) is 10.4. The summed E-state index contributed by atoms with van der Waals surface area (Å²) in [7, 11) is 0. The van der Waals surface area contributed by atoms with Gasteiger partial charge >= 0.3 is 17.9 Å². The highest BCUT2D eigenvalue weighted by molar-refractivity contribution is 5.87. The summed E-state index contributed by atoms with van der Waals surface area (Å²) in [5.41, 5.74) is 11.3. The highest BCUT2D eigenvalue weighted by Crippen LogP contribution is 2.23. The number of nitrogens with one attached hydrogen (secondary N) is 1. The normalized spacial score (nSPS) is 14.1. The summed E-state index contributed by atoms with van der Waals surface area (Å²) in [4.78, 5) is 63.0. The average Bonchev–Trinajstić information content (AvgIpc) is 3.15. The first-order valence-corrected chi connectivity index (χ1v) is 22.1. The molecule has 5 atom stereocenters. The molecular formula is C43H81N3O9. The molecule has 0 fully saturated rings. The van der Waals surface area contributed by atoms with Crippen LogP contribution >= 0.6 is 0 Å². The van der Waals surface area contributed by atoms with Gasteiger partial charge in [-0.2, -0.15) is 0 Å². The van der Waals surface area contributed by atoms with Crippen molar-refractivity contribution < 1.29 is 43.7 Å². The summed E-state index contributed by atoms with van der Waals surface area (Å²) in [5.74, 6) is -5.88. The number of ether oxygens (including phenoxy) is 2. The van der Waals surface area contributed by atoms with Gasteiger partial charge in [-0.3, -0.25) is 24.0 Å². The van der Waals surface area contributed by atoms with Crippen LogP contribution in [-0.4, -0.2) is 70.8 Å². The molecule has 0 saturated carbocycles. The van der Waals surface area contributed by atoms with Crippen molar-refractivity contribution in [3.8, 4) is 0 Å². The molecule has 0 aromatic heterocycles. The maximum atomic E-state index is 13.4. The second-order valence-electron chi connectivity index (χ2n) is 15.6. The van der Waals surface area contributed by atoms with Crippen molar-refractivity contribution >= 4 is 29.7 Å². The fourth-order valence-electron chi connectivity index (χ4n) is 6.80. The second-order valence-corrected chi connectivity index (χ2v) is 15.6. The van der Waals surface area contributed by atoms with E-state index in [1.807, 2.05) is 0 Å². The predicted molar refractivity (Wildman–Crippen MR) is 218 cm³/mol. The van der Waals surface area contributed by atoms with Crippen LogP contribution in [0.2, 0.25) is 0 Å². The molecule has 2 unspecified atom stereocenters. The Bertz CT molecular complexity index is 1010. The van der Waals surface area contributed by atoms with Gasteiger partial charge in [0, 0.05) is 12.8 Å². The Kier molecular flexibility index (Phi) is 33.9. The lowest BCUT2D eigenvalue weighted by Gasteiger charge is -2.32. The van der Waals surface area contributed by atoms with Crippen LogP contribution in [0, 0.1) is 5.92 Å². The van der Waals surface area contributed by atoms with Gasteiger partial charge in [-0.15, -0.1) is 0 Å². The molecule has 0 bridgehead atoms. The molecule has 0 radical (unpaired) electrons. The van der Waals surface area contributed by atoms with Crippen molar-refractivity contribution in [2.75, 3.05) is 6.61 Å². The molecule has 0 spiro atoms. The molecule has 0 heterocycles. The van der Waals surface area contributed by atoms with Gasteiger partial charge in [0.05, 0.1) is 18.6 Å². The molecule has 7 N–H and O–H groups in total. The quantitative estimate of drug-likeness (QED) is 0.0298. The van der Waals surface area contributed by atoms with E-state index >= 15 is 0 Å². The first-order valence-electron chi connectivity index (χ1n) is 22.1. The van der Waals surface area contributed by atoms with Gasteiger partial charge in [0.1, 0.15) is 6.04 Å². The number of amides is 2. The Morgan fingerprint density at radius 3 is 1.25 bits per heavy atom. The van der Waals surface area contributed by atoms with Crippen molar-refractivity contribution in [1.82, 2.24) is 5.32 Å². The number of aliphatic hydroxyl groups is 1. The molecule has 0 rings (SSSR count). The van der Waals surface area contributed by atoms with Crippen LogP contribution in [0.1, 0.15) is 207 Å². The average molecular weight is 784 g/mol. The molecule has 0 aliphatic rings. The monoisotopic (exact) mass is 784 g/mol.